The second-order valence-corrected chi connectivity index (χ2v) is 4.42. The molecule has 1 fully saturated rings. The summed E-state index contributed by atoms with van der Waals surface area (Å²) in [4.78, 5) is 17.1. The summed E-state index contributed by atoms with van der Waals surface area (Å²) in [6, 6.07) is 2.12. The van der Waals surface area contributed by atoms with Gasteiger partial charge < -0.3 is 15.7 Å². The molecule has 0 saturated carbocycles. The van der Waals surface area contributed by atoms with E-state index in [-0.39, 0.29) is 6.54 Å². The molecule has 98 valence electrons. The molecule has 1 aromatic heterocycles. The van der Waals surface area contributed by atoms with Gasteiger partial charge in [0.25, 0.3) is 0 Å². The lowest BCUT2D eigenvalue weighted by molar-refractivity contribution is -0.134. The standard InChI is InChI=1S/C12H16FN3O2/c13-9-3-6-16(7-9)12(18)10(14)11(17)8-1-4-15-5-2-8/h1-2,4-5,9-11,17H,3,6-7,14H2/t9-,10?,11+/m0/s1. The molecule has 2 heterocycles. The molecule has 1 amide bonds. The van der Waals surface area contributed by atoms with Crippen LogP contribution in [0.2, 0.25) is 0 Å². The van der Waals surface area contributed by atoms with Crippen LogP contribution in [0.15, 0.2) is 24.5 Å². The number of pyridine rings is 1. The lowest BCUT2D eigenvalue weighted by Gasteiger charge is -2.23. The zero-order chi connectivity index (χ0) is 13.1. The summed E-state index contributed by atoms with van der Waals surface area (Å²) in [6.45, 7) is 0.423. The Kier molecular flexibility index (Phi) is 3.88. The Morgan fingerprint density at radius 3 is 2.78 bits per heavy atom. The highest BCUT2D eigenvalue weighted by Crippen LogP contribution is 2.19. The van der Waals surface area contributed by atoms with Gasteiger partial charge in [-0.3, -0.25) is 9.78 Å². The largest absolute Gasteiger partial charge is 0.386 e. The summed E-state index contributed by atoms with van der Waals surface area (Å²) in [5.74, 6) is -0.417. The van der Waals surface area contributed by atoms with Crippen molar-refractivity contribution in [1.29, 1.82) is 0 Å². The van der Waals surface area contributed by atoms with Crippen molar-refractivity contribution in [3.63, 3.8) is 0 Å². The fourth-order valence-electron chi connectivity index (χ4n) is 2.03. The van der Waals surface area contributed by atoms with E-state index >= 15 is 0 Å². The molecular weight excluding hydrogens is 237 g/mol. The third-order valence-corrected chi connectivity index (χ3v) is 3.12. The van der Waals surface area contributed by atoms with Gasteiger partial charge in [-0.2, -0.15) is 0 Å². The molecule has 0 radical (unpaired) electrons. The van der Waals surface area contributed by atoms with Gasteiger partial charge in [0.05, 0.1) is 6.54 Å². The van der Waals surface area contributed by atoms with E-state index in [1.807, 2.05) is 0 Å². The first-order valence-electron chi connectivity index (χ1n) is 5.86. The van der Waals surface area contributed by atoms with Crippen LogP contribution < -0.4 is 5.73 Å². The Morgan fingerprint density at radius 2 is 2.22 bits per heavy atom. The number of hydrogen-bond acceptors (Lipinski definition) is 4. The van der Waals surface area contributed by atoms with E-state index in [2.05, 4.69) is 4.98 Å². The molecule has 1 aliphatic heterocycles. The maximum Gasteiger partial charge on any atom is 0.242 e. The predicted octanol–water partition coefficient (Wildman–Crippen LogP) is 0.0127. The minimum atomic E-state index is -1.10. The van der Waals surface area contributed by atoms with E-state index in [0.29, 0.717) is 18.5 Å². The Balaban J connectivity index is 2.02. The van der Waals surface area contributed by atoms with Gasteiger partial charge in [0.1, 0.15) is 18.3 Å². The lowest BCUT2D eigenvalue weighted by Crippen LogP contribution is -2.46. The zero-order valence-corrected chi connectivity index (χ0v) is 9.87. The van der Waals surface area contributed by atoms with Gasteiger partial charge in [-0.05, 0) is 24.1 Å². The minimum Gasteiger partial charge on any atom is -0.386 e. The van der Waals surface area contributed by atoms with Crippen molar-refractivity contribution >= 4 is 5.91 Å². The Labute approximate surface area is 104 Å². The van der Waals surface area contributed by atoms with Crippen LogP contribution in [0.3, 0.4) is 0 Å². The summed E-state index contributed by atoms with van der Waals surface area (Å²) >= 11 is 0. The molecule has 0 spiro atoms. The molecule has 3 atom stereocenters. The van der Waals surface area contributed by atoms with E-state index in [0.717, 1.165) is 0 Å². The van der Waals surface area contributed by atoms with Crippen molar-refractivity contribution in [1.82, 2.24) is 9.88 Å². The first-order valence-corrected chi connectivity index (χ1v) is 5.86. The summed E-state index contributed by atoms with van der Waals surface area (Å²) < 4.78 is 13.0. The second kappa shape index (κ2) is 5.41. The third-order valence-electron chi connectivity index (χ3n) is 3.12. The van der Waals surface area contributed by atoms with Gasteiger partial charge >= 0.3 is 0 Å². The number of carbonyl (C=O) groups is 1. The number of alkyl halides is 1. The van der Waals surface area contributed by atoms with Crippen LogP contribution in [-0.4, -0.2) is 46.2 Å². The van der Waals surface area contributed by atoms with Crippen LogP contribution in [-0.2, 0) is 4.79 Å². The SMILES string of the molecule is NC(C(=O)N1CC[C@H](F)C1)[C@H](O)c1ccncc1. The summed E-state index contributed by atoms with van der Waals surface area (Å²) in [7, 11) is 0. The number of hydrogen-bond donors (Lipinski definition) is 2. The van der Waals surface area contributed by atoms with Crippen molar-refractivity contribution in [3.8, 4) is 0 Å². The number of rotatable bonds is 3. The molecule has 0 aromatic carbocycles. The molecule has 1 aromatic rings. The molecule has 1 unspecified atom stereocenters. The topological polar surface area (TPSA) is 79.5 Å². The first kappa shape index (κ1) is 12.9. The number of aromatic nitrogens is 1. The number of amides is 1. The number of halogens is 1. The van der Waals surface area contributed by atoms with Gasteiger partial charge in [0.15, 0.2) is 0 Å². The summed E-state index contributed by atoms with van der Waals surface area (Å²) in [5, 5.41) is 9.99. The highest BCUT2D eigenvalue weighted by molar-refractivity contribution is 5.82. The van der Waals surface area contributed by atoms with Gasteiger partial charge in [-0.15, -0.1) is 0 Å². The third kappa shape index (κ3) is 2.65. The van der Waals surface area contributed by atoms with Crippen molar-refractivity contribution in [2.24, 2.45) is 5.73 Å². The van der Waals surface area contributed by atoms with E-state index < -0.39 is 24.2 Å². The zero-order valence-electron chi connectivity index (χ0n) is 9.87. The number of nitrogens with two attached hydrogens (primary N) is 1. The maximum absolute atomic E-state index is 13.0. The molecule has 3 N–H and O–H groups in total. The van der Waals surface area contributed by atoms with Crippen LogP contribution in [0.4, 0.5) is 4.39 Å². The fraction of sp³-hybridized carbons (Fsp3) is 0.500. The van der Waals surface area contributed by atoms with Crippen LogP contribution in [0.25, 0.3) is 0 Å². The molecule has 1 aliphatic rings. The van der Waals surface area contributed by atoms with Crippen LogP contribution in [0, 0.1) is 0 Å². The number of nitrogens with zero attached hydrogens (tertiary/aromatic N) is 2. The normalized spacial score (nSPS) is 22.8. The van der Waals surface area contributed by atoms with Crippen molar-refractivity contribution in [3.05, 3.63) is 30.1 Å². The molecule has 18 heavy (non-hydrogen) atoms. The van der Waals surface area contributed by atoms with E-state index in [9.17, 15) is 14.3 Å². The second-order valence-electron chi connectivity index (χ2n) is 4.42. The quantitative estimate of drug-likeness (QED) is 0.795. The molecule has 1 saturated heterocycles. The highest BCUT2D eigenvalue weighted by Gasteiger charge is 2.32. The smallest absolute Gasteiger partial charge is 0.242 e. The first-order chi connectivity index (χ1) is 8.59. The minimum absolute atomic E-state index is 0.0651. The molecule has 2 rings (SSSR count). The van der Waals surface area contributed by atoms with E-state index in [1.54, 1.807) is 12.1 Å². The van der Waals surface area contributed by atoms with Crippen LogP contribution >= 0.6 is 0 Å². The monoisotopic (exact) mass is 253 g/mol. The molecular formula is C12H16FN3O2. The predicted molar refractivity (Wildman–Crippen MR) is 63.3 cm³/mol. The summed E-state index contributed by atoms with van der Waals surface area (Å²) in [6.07, 6.45) is 1.29. The number of aliphatic hydroxyl groups excluding tert-OH is 1. The van der Waals surface area contributed by atoms with Crippen molar-refractivity contribution < 1.29 is 14.3 Å². The number of aliphatic hydroxyl groups is 1. The van der Waals surface area contributed by atoms with Gasteiger partial charge in [-0.25, -0.2) is 4.39 Å². The lowest BCUT2D eigenvalue weighted by atomic mass is 10.0. The van der Waals surface area contributed by atoms with Gasteiger partial charge in [0, 0.05) is 18.9 Å². The van der Waals surface area contributed by atoms with Crippen LogP contribution in [0.1, 0.15) is 18.1 Å². The van der Waals surface area contributed by atoms with Crippen molar-refractivity contribution in [2.45, 2.75) is 24.7 Å². The number of carbonyl (C=O) groups excluding carboxylic acids is 1. The van der Waals surface area contributed by atoms with Gasteiger partial charge in [-0.1, -0.05) is 0 Å². The van der Waals surface area contributed by atoms with E-state index in [1.165, 1.54) is 17.3 Å². The number of likely N-dealkylation sites (tertiary alicyclic amines) is 1. The Morgan fingerprint density at radius 1 is 1.56 bits per heavy atom. The van der Waals surface area contributed by atoms with E-state index in [4.69, 9.17) is 5.73 Å². The van der Waals surface area contributed by atoms with Crippen LogP contribution in [0.5, 0.6) is 0 Å². The highest BCUT2D eigenvalue weighted by atomic mass is 19.1. The average molecular weight is 253 g/mol. The Bertz CT molecular complexity index is 415. The van der Waals surface area contributed by atoms with Crippen molar-refractivity contribution in [2.75, 3.05) is 13.1 Å². The molecule has 6 heteroatoms. The molecule has 0 bridgehead atoms. The Hall–Kier alpha value is -1.53. The molecule has 5 nitrogen and oxygen atoms in total. The molecule has 0 aliphatic carbocycles. The van der Waals surface area contributed by atoms with Gasteiger partial charge in [0.2, 0.25) is 5.91 Å². The summed E-state index contributed by atoms with van der Waals surface area (Å²) in [5.41, 5.74) is 6.26. The maximum atomic E-state index is 13.0. The fourth-order valence-corrected chi connectivity index (χ4v) is 2.03. The average Bonchev–Trinajstić information content (AvgIpc) is 2.84.